The van der Waals surface area contributed by atoms with Gasteiger partial charge < -0.3 is 19.9 Å². The SMILES string of the molecule is CC(C)(C)OC(=O)NCc1cccc(-n2nc(C(F)(F)F)cc2C(=O)Nc2cc(C(CCC3CC3)(N[S@@+]([O-])C(C)(C)C)c3cccnc3)ccc2F)c1. The number of pyridine rings is 1. The molecule has 10 nitrogen and oxygen atoms in total. The lowest BCUT2D eigenvalue weighted by molar-refractivity contribution is -0.141. The predicted octanol–water partition coefficient (Wildman–Crippen LogP) is 8.19. The van der Waals surface area contributed by atoms with Crippen LogP contribution in [0.25, 0.3) is 5.69 Å². The van der Waals surface area contributed by atoms with Gasteiger partial charge in [0.05, 0.1) is 11.4 Å². The Kier molecular flexibility index (Phi) is 11.6. The van der Waals surface area contributed by atoms with E-state index in [0.29, 0.717) is 35.1 Å². The third-order valence-corrected chi connectivity index (χ3v) is 10.2. The summed E-state index contributed by atoms with van der Waals surface area (Å²) in [7, 11) is 0. The smallest absolute Gasteiger partial charge is 0.435 e. The molecule has 0 saturated heterocycles. The van der Waals surface area contributed by atoms with Gasteiger partial charge in [0.2, 0.25) is 0 Å². The number of nitrogens with one attached hydrogen (secondary N) is 3. The highest BCUT2D eigenvalue weighted by Crippen LogP contribution is 2.43. The van der Waals surface area contributed by atoms with Gasteiger partial charge in [-0.1, -0.05) is 37.1 Å². The standard InChI is InChI=1S/C38H44F4N6O4S/c1-35(2,3)52-34(50)44-22-25-9-7-11-28(19-25)48-31(21-32(46-48)38(40,41)42)33(49)45-30-20-26(14-15-29(30)39)37(17-16-24-12-13-24,27-10-8-18-43-23-27)47-53(51)36(4,5)6/h7-11,14-15,18-21,23-24,47H,12-13,16-17,22H2,1-6H3,(H,44,50)(H,45,49)/t37?,53-/m0/s1. The monoisotopic (exact) mass is 756 g/mol. The lowest BCUT2D eigenvalue weighted by atomic mass is 9.80. The highest BCUT2D eigenvalue weighted by molar-refractivity contribution is 7.90. The van der Waals surface area contributed by atoms with Gasteiger partial charge in [0.25, 0.3) is 5.91 Å². The second-order valence-corrected chi connectivity index (χ2v) is 17.1. The molecule has 4 aromatic rings. The van der Waals surface area contributed by atoms with Crippen LogP contribution in [0.15, 0.2) is 73.1 Å². The number of aromatic nitrogens is 3. The van der Waals surface area contributed by atoms with Crippen molar-refractivity contribution in [1.29, 1.82) is 0 Å². The van der Waals surface area contributed by atoms with Gasteiger partial charge in [-0.05, 0) is 107 Å². The van der Waals surface area contributed by atoms with Crippen LogP contribution in [0.2, 0.25) is 0 Å². The molecule has 2 aromatic heterocycles. The molecule has 1 fully saturated rings. The molecule has 0 radical (unpaired) electrons. The van der Waals surface area contributed by atoms with E-state index in [1.807, 2.05) is 26.8 Å². The average molecular weight is 757 g/mol. The normalized spacial score (nSPS) is 15.4. The first kappa shape index (κ1) is 39.7. The highest BCUT2D eigenvalue weighted by atomic mass is 32.2. The zero-order valence-corrected chi connectivity index (χ0v) is 31.3. The Morgan fingerprint density at radius 2 is 1.72 bits per heavy atom. The van der Waals surface area contributed by atoms with E-state index < -0.39 is 62.6 Å². The molecule has 0 spiro atoms. The van der Waals surface area contributed by atoms with Crippen LogP contribution in [-0.4, -0.2) is 41.7 Å². The summed E-state index contributed by atoms with van der Waals surface area (Å²) in [4.78, 5) is 30.3. The van der Waals surface area contributed by atoms with Gasteiger partial charge >= 0.3 is 12.3 Å². The minimum absolute atomic E-state index is 0.0247. The number of hydrogen-bond acceptors (Lipinski definition) is 7. The molecule has 2 heterocycles. The third-order valence-electron chi connectivity index (χ3n) is 8.53. The van der Waals surface area contributed by atoms with E-state index >= 15 is 4.39 Å². The molecule has 15 heteroatoms. The largest absolute Gasteiger partial charge is 0.598 e. The molecule has 0 aliphatic heterocycles. The van der Waals surface area contributed by atoms with Crippen LogP contribution < -0.4 is 15.4 Å². The van der Waals surface area contributed by atoms with Crippen molar-refractivity contribution in [2.24, 2.45) is 5.92 Å². The minimum atomic E-state index is -4.90. The Balaban J connectivity index is 1.52. The number of ether oxygens (including phenoxy) is 1. The number of alkyl carbamates (subject to hydrolysis) is 1. The van der Waals surface area contributed by atoms with E-state index in [2.05, 4.69) is 25.4 Å². The maximum absolute atomic E-state index is 15.6. The first-order valence-electron chi connectivity index (χ1n) is 17.2. The van der Waals surface area contributed by atoms with E-state index in [4.69, 9.17) is 4.74 Å². The van der Waals surface area contributed by atoms with Gasteiger partial charge in [0.1, 0.15) is 27.4 Å². The van der Waals surface area contributed by atoms with Crippen LogP contribution in [0, 0.1) is 11.7 Å². The van der Waals surface area contributed by atoms with Crippen LogP contribution >= 0.6 is 0 Å². The molecule has 1 unspecified atom stereocenters. The fourth-order valence-corrected chi connectivity index (χ4v) is 6.58. The van der Waals surface area contributed by atoms with E-state index in [1.165, 1.54) is 24.3 Å². The summed E-state index contributed by atoms with van der Waals surface area (Å²) < 4.78 is 79.9. The van der Waals surface area contributed by atoms with E-state index in [9.17, 15) is 27.3 Å². The molecular weight excluding hydrogens is 713 g/mol. The van der Waals surface area contributed by atoms with Crippen molar-refractivity contribution in [2.75, 3.05) is 5.32 Å². The first-order chi connectivity index (χ1) is 24.7. The number of rotatable bonds is 12. The Hall–Kier alpha value is -4.47. The summed E-state index contributed by atoms with van der Waals surface area (Å²) in [6.07, 6.45) is 1.04. The number of carbonyl (C=O) groups excluding carboxylic acids is 2. The number of anilines is 1. The molecule has 2 amide bonds. The number of amides is 2. The van der Waals surface area contributed by atoms with Gasteiger partial charge in [-0.2, -0.15) is 18.3 Å². The van der Waals surface area contributed by atoms with Crippen LogP contribution in [0.5, 0.6) is 0 Å². The molecule has 53 heavy (non-hydrogen) atoms. The van der Waals surface area contributed by atoms with Crippen molar-refractivity contribution in [1.82, 2.24) is 24.8 Å². The second-order valence-electron chi connectivity index (χ2n) is 15.1. The summed E-state index contributed by atoms with van der Waals surface area (Å²) >= 11 is -1.60. The highest BCUT2D eigenvalue weighted by Gasteiger charge is 2.44. The lowest BCUT2D eigenvalue weighted by Crippen LogP contribution is -2.52. The van der Waals surface area contributed by atoms with Crippen molar-refractivity contribution in [3.63, 3.8) is 0 Å². The average Bonchev–Trinajstić information content (AvgIpc) is 3.79. The van der Waals surface area contributed by atoms with Crippen LogP contribution in [-0.2, 0) is 34.4 Å². The number of hydrogen-bond donors (Lipinski definition) is 3. The van der Waals surface area contributed by atoms with E-state index in [1.54, 1.807) is 51.4 Å². The maximum Gasteiger partial charge on any atom is 0.435 e. The molecular formula is C38H44F4N6O4S. The van der Waals surface area contributed by atoms with Crippen LogP contribution in [0.4, 0.5) is 28.0 Å². The van der Waals surface area contributed by atoms with Crippen molar-refractivity contribution in [3.8, 4) is 5.69 Å². The molecule has 1 aliphatic carbocycles. The first-order valence-corrected chi connectivity index (χ1v) is 18.4. The molecule has 1 aliphatic rings. The van der Waals surface area contributed by atoms with Gasteiger partial charge in [-0.3, -0.25) is 9.78 Å². The third kappa shape index (κ3) is 10.1. The van der Waals surface area contributed by atoms with Crippen LogP contribution in [0.1, 0.15) is 100 Å². The van der Waals surface area contributed by atoms with Crippen molar-refractivity contribution in [2.45, 2.75) is 95.8 Å². The van der Waals surface area contributed by atoms with Gasteiger partial charge in [0.15, 0.2) is 5.69 Å². The van der Waals surface area contributed by atoms with Gasteiger partial charge in [-0.25, -0.2) is 13.9 Å². The molecule has 3 N–H and O–H groups in total. The zero-order chi connectivity index (χ0) is 38.8. The number of halogens is 4. The quantitative estimate of drug-likeness (QED) is 0.0981. The van der Waals surface area contributed by atoms with Crippen molar-refractivity contribution >= 4 is 29.0 Å². The lowest BCUT2D eigenvalue weighted by Gasteiger charge is -2.38. The summed E-state index contributed by atoms with van der Waals surface area (Å²) in [6.45, 7) is 10.6. The van der Waals surface area contributed by atoms with Crippen LogP contribution in [0.3, 0.4) is 0 Å². The summed E-state index contributed by atoms with van der Waals surface area (Å²) in [5.74, 6) is -1.42. The van der Waals surface area contributed by atoms with Crippen molar-refractivity contribution in [3.05, 3.63) is 107 Å². The molecule has 284 valence electrons. The minimum Gasteiger partial charge on any atom is -0.598 e. The molecule has 2 aromatic carbocycles. The summed E-state index contributed by atoms with van der Waals surface area (Å²) in [5, 5.41) is 8.75. The zero-order valence-electron chi connectivity index (χ0n) is 30.4. The van der Waals surface area contributed by atoms with Gasteiger partial charge in [0, 0.05) is 36.4 Å². The maximum atomic E-state index is 15.6. The van der Waals surface area contributed by atoms with Gasteiger partial charge in [-0.15, -0.1) is 4.72 Å². The fraction of sp³-hybridized carbons (Fsp3) is 0.421. The van der Waals surface area contributed by atoms with Crippen molar-refractivity contribution < 1.29 is 36.4 Å². The predicted molar refractivity (Wildman–Crippen MR) is 194 cm³/mol. The number of alkyl halides is 3. The number of carbonyl (C=O) groups is 2. The molecule has 1 saturated carbocycles. The summed E-state index contributed by atoms with van der Waals surface area (Å²) in [6, 6.07) is 14.4. The Morgan fingerprint density at radius 3 is 2.34 bits per heavy atom. The number of nitrogens with zero attached hydrogens (tertiary/aromatic N) is 3. The Bertz CT molecular complexity index is 1920. The Labute approximate surface area is 309 Å². The molecule has 2 atom stereocenters. The molecule has 0 bridgehead atoms. The topological polar surface area (TPSA) is 133 Å². The molecule has 5 rings (SSSR count). The summed E-state index contributed by atoms with van der Waals surface area (Å²) in [5.41, 5.74) is -2.28. The Morgan fingerprint density at radius 1 is 0.981 bits per heavy atom. The fourth-order valence-electron chi connectivity index (χ4n) is 5.62. The number of benzene rings is 2. The second kappa shape index (κ2) is 15.5. The van der Waals surface area contributed by atoms with E-state index in [-0.39, 0.29) is 17.9 Å². The van der Waals surface area contributed by atoms with E-state index in [0.717, 1.165) is 30.0 Å².